The summed E-state index contributed by atoms with van der Waals surface area (Å²) in [5, 5.41) is 11.5. The summed E-state index contributed by atoms with van der Waals surface area (Å²) < 4.78 is 0. The number of carboxylic acids is 1. The van der Waals surface area contributed by atoms with Crippen LogP contribution in [0.4, 0.5) is 4.79 Å². The first-order chi connectivity index (χ1) is 10.1. The Hall–Kier alpha value is -1.56. The number of hydrogen-bond donors (Lipinski definition) is 1. The zero-order chi connectivity index (χ0) is 15.4. The lowest BCUT2D eigenvalue weighted by atomic mass is 10.0. The van der Waals surface area contributed by atoms with E-state index in [-0.39, 0.29) is 6.03 Å². The number of aliphatic carboxylic acids is 1. The molecule has 2 amide bonds. The number of rotatable bonds is 5. The smallest absolute Gasteiger partial charge is 0.331 e. The average molecular weight is 310 g/mol. The van der Waals surface area contributed by atoms with Crippen molar-refractivity contribution in [2.24, 2.45) is 0 Å². The maximum Gasteiger partial charge on any atom is 0.331 e. The molecule has 0 fully saturated rings. The summed E-state index contributed by atoms with van der Waals surface area (Å²) in [5.41, 5.74) is 0.778. The zero-order valence-corrected chi connectivity index (χ0v) is 13.4. The fourth-order valence-corrected chi connectivity index (χ4v) is 3.72. The van der Waals surface area contributed by atoms with Crippen molar-refractivity contribution in [2.45, 2.75) is 39.2 Å². The van der Waals surface area contributed by atoms with Crippen molar-refractivity contribution in [1.29, 1.82) is 0 Å². The fraction of sp³-hybridized carbons (Fsp3) is 0.600. The van der Waals surface area contributed by atoms with Gasteiger partial charge >= 0.3 is 12.0 Å². The second kappa shape index (κ2) is 6.93. The number of carboxylic acid groups (broad SMARTS) is 1. The summed E-state index contributed by atoms with van der Waals surface area (Å²) in [6.07, 6.45) is 2.50. The Morgan fingerprint density at radius 1 is 1.38 bits per heavy atom. The molecule has 1 aromatic rings. The third kappa shape index (κ3) is 3.20. The third-order valence-corrected chi connectivity index (χ3v) is 4.70. The molecule has 1 N–H and O–H groups in total. The number of urea groups is 1. The van der Waals surface area contributed by atoms with Gasteiger partial charge in [-0.3, -0.25) is 0 Å². The molecular formula is C15H22N2O3S. The quantitative estimate of drug-likeness (QED) is 0.909. The molecule has 2 rings (SSSR count). The first kappa shape index (κ1) is 15.8. The van der Waals surface area contributed by atoms with E-state index in [0.717, 1.165) is 29.7 Å². The predicted molar refractivity (Wildman–Crippen MR) is 82.7 cm³/mol. The maximum absolute atomic E-state index is 12.7. The molecule has 0 aliphatic carbocycles. The predicted octanol–water partition coefficient (Wildman–Crippen LogP) is 2.97. The summed E-state index contributed by atoms with van der Waals surface area (Å²) >= 11 is 1.57. The van der Waals surface area contributed by atoms with Gasteiger partial charge in [-0.1, -0.05) is 13.8 Å². The molecule has 0 spiro atoms. The standard InChI is InChI=1S/C15H22N2O3S/c1-3-7-16(8-4-2)15(20)17-9-5-12-11(6-10-21-12)13(17)14(18)19/h6,10,13H,3-5,7-9H2,1-2H3,(H,18,19). The van der Waals surface area contributed by atoms with Gasteiger partial charge in [-0.15, -0.1) is 11.3 Å². The monoisotopic (exact) mass is 310 g/mol. The van der Waals surface area contributed by atoms with Crippen molar-refractivity contribution < 1.29 is 14.7 Å². The van der Waals surface area contributed by atoms with Gasteiger partial charge in [-0.25, -0.2) is 9.59 Å². The Labute approximate surface area is 129 Å². The summed E-state index contributed by atoms with van der Waals surface area (Å²) in [6, 6.07) is 0.842. The first-order valence-electron chi connectivity index (χ1n) is 7.44. The summed E-state index contributed by atoms with van der Waals surface area (Å²) in [5.74, 6) is -0.948. The molecule has 1 aliphatic heterocycles. The summed E-state index contributed by atoms with van der Waals surface area (Å²) in [7, 11) is 0. The highest BCUT2D eigenvalue weighted by Gasteiger charge is 2.38. The highest BCUT2D eigenvalue weighted by Crippen LogP contribution is 2.34. The van der Waals surface area contributed by atoms with Crippen molar-refractivity contribution in [3.63, 3.8) is 0 Å². The Morgan fingerprint density at radius 3 is 2.62 bits per heavy atom. The summed E-state index contributed by atoms with van der Waals surface area (Å²) in [4.78, 5) is 28.8. The van der Waals surface area contributed by atoms with Crippen LogP contribution in [-0.4, -0.2) is 46.5 Å². The van der Waals surface area contributed by atoms with Crippen LogP contribution >= 0.6 is 11.3 Å². The van der Waals surface area contributed by atoms with E-state index in [4.69, 9.17) is 0 Å². The number of carbonyl (C=O) groups excluding carboxylic acids is 1. The highest BCUT2D eigenvalue weighted by molar-refractivity contribution is 7.10. The van der Waals surface area contributed by atoms with Crippen LogP contribution in [0.2, 0.25) is 0 Å². The van der Waals surface area contributed by atoms with Crippen LogP contribution in [0.5, 0.6) is 0 Å². The normalized spacial score (nSPS) is 17.4. The fourth-order valence-electron chi connectivity index (χ4n) is 2.81. The molecular weight excluding hydrogens is 288 g/mol. The van der Waals surface area contributed by atoms with E-state index in [9.17, 15) is 14.7 Å². The van der Waals surface area contributed by atoms with E-state index in [1.54, 1.807) is 16.2 Å². The number of hydrogen-bond acceptors (Lipinski definition) is 3. The number of thiophene rings is 1. The van der Waals surface area contributed by atoms with Crippen molar-refractivity contribution in [1.82, 2.24) is 9.80 Å². The zero-order valence-electron chi connectivity index (χ0n) is 12.5. The third-order valence-electron chi connectivity index (χ3n) is 3.70. The molecule has 5 nitrogen and oxygen atoms in total. The number of carbonyl (C=O) groups is 2. The molecule has 116 valence electrons. The van der Waals surface area contributed by atoms with Crippen molar-refractivity contribution in [2.75, 3.05) is 19.6 Å². The van der Waals surface area contributed by atoms with Crippen LogP contribution in [0.15, 0.2) is 11.4 Å². The largest absolute Gasteiger partial charge is 0.479 e. The van der Waals surface area contributed by atoms with Gasteiger partial charge in [0.15, 0.2) is 6.04 Å². The van der Waals surface area contributed by atoms with Gasteiger partial charge in [0.05, 0.1) is 0 Å². The van der Waals surface area contributed by atoms with Gasteiger partial charge in [0.1, 0.15) is 0 Å². The van der Waals surface area contributed by atoms with Gasteiger partial charge in [-0.05, 0) is 36.3 Å². The molecule has 1 unspecified atom stereocenters. The van der Waals surface area contributed by atoms with Crippen LogP contribution in [-0.2, 0) is 11.2 Å². The van der Waals surface area contributed by atoms with E-state index in [1.807, 2.05) is 25.3 Å². The van der Waals surface area contributed by atoms with Gasteiger partial charge in [0, 0.05) is 24.5 Å². The molecule has 21 heavy (non-hydrogen) atoms. The van der Waals surface area contributed by atoms with Crippen LogP contribution in [0.25, 0.3) is 0 Å². The maximum atomic E-state index is 12.7. The molecule has 0 saturated heterocycles. The molecule has 0 radical (unpaired) electrons. The second-order valence-electron chi connectivity index (χ2n) is 5.25. The molecule has 1 aliphatic rings. The molecule has 0 aromatic carbocycles. The van der Waals surface area contributed by atoms with Crippen molar-refractivity contribution in [3.8, 4) is 0 Å². The SMILES string of the molecule is CCCN(CCC)C(=O)N1CCc2sccc2C1C(=O)O. The van der Waals surface area contributed by atoms with E-state index >= 15 is 0 Å². The average Bonchev–Trinajstić information content (AvgIpc) is 2.93. The number of nitrogens with zero attached hydrogens (tertiary/aromatic N) is 2. The number of amides is 2. The lowest BCUT2D eigenvalue weighted by Crippen LogP contribution is -2.49. The van der Waals surface area contributed by atoms with Gasteiger partial charge in [-0.2, -0.15) is 0 Å². The minimum Gasteiger partial charge on any atom is -0.479 e. The van der Waals surface area contributed by atoms with Crippen LogP contribution in [0.1, 0.15) is 43.2 Å². The topological polar surface area (TPSA) is 60.9 Å². The molecule has 6 heteroatoms. The van der Waals surface area contributed by atoms with E-state index < -0.39 is 12.0 Å². The van der Waals surface area contributed by atoms with E-state index in [1.165, 1.54) is 4.90 Å². The molecule has 0 bridgehead atoms. The minimum atomic E-state index is -0.948. The number of fused-ring (bicyclic) bond motifs is 1. The lowest BCUT2D eigenvalue weighted by Gasteiger charge is -2.37. The summed E-state index contributed by atoms with van der Waals surface area (Å²) in [6.45, 7) is 5.88. The van der Waals surface area contributed by atoms with Crippen LogP contribution in [0, 0.1) is 0 Å². The minimum absolute atomic E-state index is 0.150. The van der Waals surface area contributed by atoms with Crippen molar-refractivity contribution >= 4 is 23.3 Å². The Bertz CT molecular complexity index is 509. The van der Waals surface area contributed by atoms with E-state index in [0.29, 0.717) is 19.6 Å². The first-order valence-corrected chi connectivity index (χ1v) is 8.32. The highest BCUT2D eigenvalue weighted by atomic mass is 32.1. The Morgan fingerprint density at radius 2 is 2.05 bits per heavy atom. The van der Waals surface area contributed by atoms with Crippen molar-refractivity contribution in [3.05, 3.63) is 21.9 Å². The molecule has 0 saturated carbocycles. The van der Waals surface area contributed by atoms with Crippen LogP contribution < -0.4 is 0 Å². The van der Waals surface area contributed by atoms with E-state index in [2.05, 4.69) is 0 Å². The molecule has 1 atom stereocenters. The Balaban J connectivity index is 2.25. The lowest BCUT2D eigenvalue weighted by molar-refractivity contribution is -0.143. The second-order valence-corrected chi connectivity index (χ2v) is 6.25. The molecule has 2 heterocycles. The van der Waals surface area contributed by atoms with Gasteiger partial charge < -0.3 is 14.9 Å². The van der Waals surface area contributed by atoms with Crippen LogP contribution in [0.3, 0.4) is 0 Å². The Kier molecular flexibility index (Phi) is 5.22. The van der Waals surface area contributed by atoms with Gasteiger partial charge in [0.2, 0.25) is 0 Å². The molecule has 1 aromatic heterocycles. The van der Waals surface area contributed by atoms with Gasteiger partial charge in [0.25, 0.3) is 0 Å².